The number of hydrogen-bond acceptors (Lipinski definition) is 3. The first kappa shape index (κ1) is 17.3. The Morgan fingerprint density at radius 2 is 1.56 bits per heavy atom. The van der Waals surface area contributed by atoms with E-state index in [-0.39, 0.29) is 17.8 Å². The number of benzene rings is 2. The largest absolute Gasteiger partial charge is 0.338 e. The number of carbonyl (C=O) groups excluding carboxylic acids is 3. The van der Waals surface area contributed by atoms with Gasteiger partial charge in [0.15, 0.2) is 0 Å². The summed E-state index contributed by atoms with van der Waals surface area (Å²) in [5.74, 6) is -0.510. The third kappa shape index (κ3) is 3.30. The summed E-state index contributed by atoms with van der Waals surface area (Å²) in [7, 11) is 0. The molecule has 0 bridgehead atoms. The van der Waals surface area contributed by atoms with Crippen LogP contribution < -0.4 is 5.32 Å². The molecule has 0 aliphatic carbocycles. The molecule has 0 saturated carbocycles. The fraction of sp³-hybridized carbons (Fsp3) is 0.286. The molecule has 0 radical (unpaired) electrons. The minimum Gasteiger partial charge on any atom is -0.338 e. The van der Waals surface area contributed by atoms with Crippen LogP contribution in [0.15, 0.2) is 48.5 Å². The molecule has 6 nitrogen and oxygen atoms in total. The van der Waals surface area contributed by atoms with E-state index in [1.807, 2.05) is 12.1 Å². The zero-order valence-corrected chi connectivity index (χ0v) is 15.0. The van der Waals surface area contributed by atoms with E-state index in [9.17, 15) is 14.4 Å². The van der Waals surface area contributed by atoms with Gasteiger partial charge in [0.05, 0.1) is 11.1 Å². The maximum absolute atomic E-state index is 12.4. The van der Waals surface area contributed by atoms with Crippen LogP contribution >= 0.6 is 0 Å². The summed E-state index contributed by atoms with van der Waals surface area (Å²) in [6, 6.07) is 14.9. The van der Waals surface area contributed by atoms with Crippen LogP contribution in [0.4, 0.5) is 4.79 Å². The molecular formula is C21H21N3O3. The van der Waals surface area contributed by atoms with E-state index < -0.39 is 0 Å². The molecule has 2 aromatic carbocycles. The zero-order chi connectivity index (χ0) is 18.8. The van der Waals surface area contributed by atoms with Crippen LogP contribution in [0.1, 0.15) is 38.3 Å². The lowest BCUT2D eigenvalue weighted by atomic mass is 10.0. The molecule has 138 valence electrons. The molecular weight excluding hydrogens is 342 g/mol. The number of fused-ring (bicyclic) bond motifs is 2. The van der Waals surface area contributed by atoms with Crippen molar-refractivity contribution < 1.29 is 14.4 Å². The molecule has 4 rings (SSSR count). The number of carbonyl (C=O) groups is 3. The molecule has 0 unspecified atom stereocenters. The molecule has 2 aliphatic rings. The smallest absolute Gasteiger partial charge is 0.317 e. The normalized spacial score (nSPS) is 15.6. The van der Waals surface area contributed by atoms with Crippen molar-refractivity contribution in [3.63, 3.8) is 0 Å². The average molecular weight is 363 g/mol. The Morgan fingerprint density at radius 3 is 2.26 bits per heavy atom. The summed E-state index contributed by atoms with van der Waals surface area (Å²) < 4.78 is 0. The van der Waals surface area contributed by atoms with Crippen LogP contribution in [-0.2, 0) is 13.0 Å². The van der Waals surface area contributed by atoms with Gasteiger partial charge in [-0.05, 0) is 36.1 Å². The van der Waals surface area contributed by atoms with Crippen molar-refractivity contribution in [2.45, 2.75) is 19.4 Å². The van der Waals surface area contributed by atoms with Gasteiger partial charge < -0.3 is 10.2 Å². The topological polar surface area (TPSA) is 69.7 Å². The van der Waals surface area contributed by atoms with Gasteiger partial charge >= 0.3 is 6.03 Å². The number of imide groups is 1. The van der Waals surface area contributed by atoms with Gasteiger partial charge in [-0.25, -0.2) is 4.79 Å². The number of amides is 4. The second-order valence-corrected chi connectivity index (χ2v) is 6.83. The lowest BCUT2D eigenvalue weighted by Crippen LogP contribution is -2.43. The average Bonchev–Trinajstić information content (AvgIpc) is 2.95. The van der Waals surface area contributed by atoms with Gasteiger partial charge in [0, 0.05) is 26.2 Å². The fourth-order valence-electron chi connectivity index (χ4n) is 3.66. The van der Waals surface area contributed by atoms with Crippen LogP contribution in [0.5, 0.6) is 0 Å². The van der Waals surface area contributed by atoms with E-state index >= 15 is 0 Å². The van der Waals surface area contributed by atoms with Crippen LogP contribution in [0.25, 0.3) is 0 Å². The minimum absolute atomic E-state index is 0.105. The maximum Gasteiger partial charge on any atom is 0.317 e. The van der Waals surface area contributed by atoms with Gasteiger partial charge in [-0.1, -0.05) is 36.4 Å². The molecule has 0 spiro atoms. The molecule has 0 fully saturated rings. The minimum atomic E-state index is -0.255. The highest BCUT2D eigenvalue weighted by molar-refractivity contribution is 6.21. The second-order valence-electron chi connectivity index (χ2n) is 6.83. The van der Waals surface area contributed by atoms with Gasteiger partial charge in [0.2, 0.25) is 0 Å². The highest BCUT2D eigenvalue weighted by Crippen LogP contribution is 2.22. The van der Waals surface area contributed by atoms with E-state index in [1.165, 1.54) is 16.0 Å². The van der Waals surface area contributed by atoms with E-state index in [2.05, 4.69) is 17.4 Å². The Labute approximate surface area is 157 Å². The molecule has 2 heterocycles. The molecule has 6 heteroatoms. The number of urea groups is 1. The molecule has 1 N–H and O–H groups in total. The fourth-order valence-corrected chi connectivity index (χ4v) is 3.66. The van der Waals surface area contributed by atoms with E-state index in [4.69, 9.17) is 0 Å². The summed E-state index contributed by atoms with van der Waals surface area (Å²) in [6.07, 6.45) is 1.39. The first-order valence-electron chi connectivity index (χ1n) is 9.20. The van der Waals surface area contributed by atoms with E-state index in [0.29, 0.717) is 43.7 Å². The van der Waals surface area contributed by atoms with Gasteiger partial charge in [0.25, 0.3) is 11.8 Å². The number of nitrogens with zero attached hydrogens (tertiary/aromatic N) is 2. The number of nitrogens with one attached hydrogen (secondary N) is 1. The lowest BCUT2D eigenvalue weighted by molar-refractivity contribution is 0.0653. The molecule has 2 aromatic rings. The Balaban J connectivity index is 1.26. The van der Waals surface area contributed by atoms with Crippen molar-refractivity contribution in [3.8, 4) is 0 Å². The molecule has 0 aromatic heterocycles. The summed E-state index contributed by atoms with van der Waals surface area (Å²) >= 11 is 0. The highest BCUT2D eigenvalue weighted by atomic mass is 16.2. The van der Waals surface area contributed by atoms with Crippen molar-refractivity contribution in [1.82, 2.24) is 15.1 Å². The molecule has 2 aliphatic heterocycles. The van der Waals surface area contributed by atoms with Crippen molar-refractivity contribution in [3.05, 3.63) is 70.8 Å². The Bertz CT molecular complexity index is 874. The van der Waals surface area contributed by atoms with Crippen LogP contribution in [-0.4, -0.2) is 47.3 Å². The summed E-state index contributed by atoms with van der Waals surface area (Å²) in [4.78, 5) is 40.1. The first-order valence-corrected chi connectivity index (χ1v) is 9.20. The summed E-state index contributed by atoms with van der Waals surface area (Å²) in [5, 5.41) is 2.90. The quantitative estimate of drug-likeness (QED) is 0.670. The lowest BCUT2D eigenvalue weighted by Gasteiger charge is -2.29. The highest BCUT2D eigenvalue weighted by Gasteiger charge is 2.34. The van der Waals surface area contributed by atoms with Gasteiger partial charge in [0.1, 0.15) is 0 Å². The van der Waals surface area contributed by atoms with Crippen LogP contribution in [0, 0.1) is 0 Å². The van der Waals surface area contributed by atoms with Crippen molar-refractivity contribution in [1.29, 1.82) is 0 Å². The van der Waals surface area contributed by atoms with Gasteiger partial charge in [-0.3, -0.25) is 14.5 Å². The van der Waals surface area contributed by atoms with Crippen LogP contribution in [0.3, 0.4) is 0 Å². The Morgan fingerprint density at radius 1 is 0.926 bits per heavy atom. The van der Waals surface area contributed by atoms with Crippen LogP contribution in [0.2, 0.25) is 0 Å². The number of rotatable bonds is 4. The number of hydrogen-bond donors (Lipinski definition) is 1. The molecule has 4 amide bonds. The first-order chi connectivity index (χ1) is 13.1. The predicted molar refractivity (Wildman–Crippen MR) is 100 cm³/mol. The molecule has 0 saturated heterocycles. The maximum atomic E-state index is 12.4. The van der Waals surface area contributed by atoms with E-state index in [1.54, 1.807) is 29.2 Å². The SMILES string of the molecule is O=C(NCCCN1C(=O)c2ccccc2C1=O)N1CCc2ccccc2C1. The third-order valence-corrected chi connectivity index (χ3v) is 5.13. The Hall–Kier alpha value is -3.15. The second kappa shape index (κ2) is 7.23. The monoisotopic (exact) mass is 363 g/mol. The summed E-state index contributed by atoms with van der Waals surface area (Å²) in [6.45, 7) is 2.03. The molecule has 27 heavy (non-hydrogen) atoms. The van der Waals surface area contributed by atoms with Gasteiger partial charge in [-0.2, -0.15) is 0 Å². The van der Waals surface area contributed by atoms with E-state index in [0.717, 1.165) is 6.42 Å². The standard InChI is InChI=1S/C21H21N3O3/c25-19-17-8-3-4-9-18(17)20(26)24(19)12-5-11-22-21(27)23-13-10-15-6-1-2-7-16(15)14-23/h1-4,6-9H,5,10-14H2,(H,22,27). The predicted octanol–water partition coefficient (Wildman–Crippen LogP) is 2.44. The Kier molecular flexibility index (Phi) is 4.62. The third-order valence-electron chi connectivity index (χ3n) is 5.13. The van der Waals surface area contributed by atoms with Crippen molar-refractivity contribution in [2.75, 3.05) is 19.6 Å². The zero-order valence-electron chi connectivity index (χ0n) is 15.0. The summed E-state index contributed by atoms with van der Waals surface area (Å²) in [5.41, 5.74) is 3.40. The van der Waals surface area contributed by atoms with Crippen molar-refractivity contribution >= 4 is 17.8 Å². The molecule has 0 atom stereocenters. The van der Waals surface area contributed by atoms with Gasteiger partial charge in [-0.15, -0.1) is 0 Å². The van der Waals surface area contributed by atoms with Crippen molar-refractivity contribution in [2.24, 2.45) is 0 Å².